The SMILES string of the molecule is CCCc1cccc(P)c1-n1c(-c2ccccc2C)[n+](C)c2ccccc21. The van der Waals surface area contributed by atoms with Gasteiger partial charge in [0.1, 0.15) is 5.69 Å². The van der Waals surface area contributed by atoms with Crippen molar-refractivity contribution >= 4 is 25.6 Å². The summed E-state index contributed by atoms with van der Waals surface area (Å²) in [6.07, 6.45) is 2.20. The topological polar surface area (TPSA) is 8.81 Å². The van der Waals surface area contributed by atoms with E-state index in [1.54, 1.807) is 0 Å². The van der Waals surface area contributed by atoms with Gasteiger partial charge in [0.15, 0.2) is 11.0 Å². The zero-order valence-corrected chi connectivity index (χ0v) is 17.4. The van der Waals surface area contributed by atoms with Crippen LogP contribution in [0, 0.1) is 6.92 Å². The van der Waals surface area contributed by atoms with E-state index >= 15 is 0 Å². The predicted octanol–water partition coefficient (Wildman–Crippen LogP) is 4.88. The first-order valence-electron chi connectivity index (χ1n) is 9.56. The number of rotatable bonds is 4. The molecule has 27 heavy (non-hydrogen) atoms. The summed E-state index contributed by atoms with van der Waals surface area (Å²) >= 11 is 0. The van der Waals surface area contributed by atoms with Crippen LogP contribution in [0.4, 0.5) is 0 Å². The highest BCUT2D eigenvalue weighted by molar-refractivity contribution is 7.27. The molecule has 0 amide bonds. The first kappa shape index (κ1) is 17.9. The number of benzene rings is 3. The van der Waals surface area contributed by atoms with Gasteiger partial charge in [0.05, 0.1) is 12.6 Å². The standard InChI is InChI=1S/C24H26N2P/c1-4-10-18-12-9-16-22(27)23(18)26-21-15-8-7-14-20(21)25(3)24(26)19-13-6-5-11-17(19)2/h5-9,11-16H,4,10,27H2,1-3H3/q+1. The van der Waals surface area contributed by atoms with Crippen LogP contribution in [-0.2, 0) is 13.5 Å². The Balaban J connectivity index is 2.17. The molecule has 3 heteroatoms. The molecule has 0 saturated carbocycles. The van der Waals surface area contributed by atoms with E-state index in [4.69, 9.17) is 0 Å². The number of hydrogen-bond donors (Lipinski definition) is 0. The van der Waals surface area contributed by atoms with Gasteiger partial charge < -0.3 is 0 Å². The van der Waals surface area contributed by atoms with Gasteiger partial charge in [-0.1, -0.05) is 61.9 Å². The number of fused-ring (bicyclic) bond motifs is 1. The van der Waals surface area contributed by atoms with E-state index < -0.39 is 0 Å². The van der Waals surface area contributed by atoms with Crippen LogP contribution in [0.25, 0.3) is 28.1 Å². The Morgan fingerprint density at radius 3 is 2.44 bits per heavy atom. The Bertz CT molecular complexity index is 1120. The van der Waals surface area contributed by atoms with E-state index in [1.807, 2.05) is 0 Å². The van der Waals surface area contributed by atoms with Gasteiger partial charge in [-0.15, -0.1) is 9.24 Å². The van der Waals surface area contributed by atoms with E-state index in [-0.39, 0.29) is 0 Å². The largest absolute Gasteiger partial charge is 0.295 e. The van der Waals surface area contributed by atoms with Crippen molar-refractivity contribution in [3.05, 3.63) is 77.9 Å². The average molecular weight is 373 g/mol. The molecule has 0 saturated heterocycles. The summed E-state index contributed by atoms with van der Waals surface area (Å²) in [6.45, 7) is 4.44. The lowest BCUT2D eigenvalue weighted by atomic mass is 10.1. The van der Waals surface area contributed by atoms with E-state index in [9.17, 15) is 0 Å². The number of imidazole rings is 1. The van der Waals surface area contributed by atoms with Crippen molar-refractivity contribution in [3.8, 4) is 17.1 Å². The second kappa shape index (κ2) is 7.29. The van der Waals surface area contributed by atoms with Crippen molar-refractivity contribution in [2.75, 3.05) is 0 Å². The molecule has 136 valence electrons. The van der Waals surface area contributed by atoms with Crippen LogP contribution >= 0.6 is 9.24 Å². The van der Waals surface area contributed by atoms with Crippen molar-refractivity contribution in [1.29, 1.82) is 0 Å². The van der Waals surface area contributed by atoms with Crippen molar-refractivity contribution in [3.63, 3.8) is 0 Å². The van der Waals surface area contributed by atoms with Crippen LogP contribution in [0.1, 0.15) is 24.5 Å². The average Bonchev–Trinajstić information content (AvgIpc) is 2.95. The summed E-state index contributed by atoms with van der Waals surface area (Å²) in [4.78, 5) is 0. The van der Waals surface area contributed by atoms with Crippen LogP contribution in [0.2, 0.25) is 0 Å². The molecule has 3 aromatic carbocycles. The molecule has 0 fully saturated rings. The third-order valence-corrected chi connectivity index (χ3v) is 5.76. The second-order valence-corrected chi connectivity index (χ2v) is 7.75. The lowest BCUT2D eigenvalue weighted by molar-refractivity contribution is -0.633. The van der Waals surface area contributed by atoms with Gasteiger partial charge in [-0.25, -0.2) is 4.57 Å². The Kier molecular flexibility index (Phi) is 4.85. The van der Waals surface area contributed by atoms with Crippen LogP contribution in [0.15, 0.2) is 66.7 Å². The smallest absolute Gasteiger partial charge is 0.225 e. The fourth-order valence-electron chi connectivity index (χ4n) is 4.02. The molecule has 1 atom stereocenters. The second-order valence-electron chi connectivity index (χ2n) is 7.13. The maximum atomic E-state index is 2.95. The molecular formula is C24H26N2P+. The fourth-order valence-corrected chi connectivity index (χ4v) is 4.45. The highest BCUT2D eigenvalue weighted by Gasteiger charge is 2.28. The molecule has 0 aliphatic heterocycles. The van der Waals surface area contributed by atoms with E-state index in [2.05, 4.69) is 106 Å². The predicted molar refractivity (Wildman–Crippen MR) is 118 cm³/mol. The molecule has 0 N–H and O–H groups in total. The Labute approximate surface area is 163 Å². The molecule has 2 nitrogen and oxygen atoms in total. The quantitative estimate of drug-likeness (QED) is 0.356. The molecule has 4 aromatic rings. The molecule has 0 bridgehead atoms. The normalized spacial score (nSPS) is 11.3. The number of hydrogen-bond acceptors (Lipinski definition) is 0. The summed E-state index contributed by atoms with van der Waals surface area (Å²) in [6, 6.07) is 24.0. The number of nitrogens with zero attached hydrogens (tertiary/aromatic N) is 2. The third kappa shape index (κ3) is 2.99. The van der Waals surface area contributed by atoms with Crippen molar-refractivity contribution in [1.82, 2.24) is 4.57 Å². The van der Waals surface area contributed by atoms with E-state index in [0.29, 0.717) is 0 Å². The summed E-state index contributed by atoms with van der Waals surface area (Å²) < 4.78 is 4.77. The molecule has 1 unspecified atom stereocenters. The van der Waals surface area contributed by atoms with Crippen LogP contribution < -0.4 is 9.87 Å². The van der Waals surface area contributed by atoms with Gasteiger partial charge in [0.25, 0.3) is 5.82 Å². The van der Waals surface area contributed by atoms with Crippen molar-refractivity contribution in [2.45, 2.75) is 26.7 Å². The molecule has 0 spiro atoms. The van der Waals surface area contributed by atoms with Crippen LogP contribution in [-0.4, -0.2) is 4.57 Å². The molecule has 1 heterocycles. The van der Waals surface area contributed by atoms with Gasteiger partial charge >= 0.3 is 0 Å². The monoisotopic (exact) mass is 373 g/mol. The summed E-state index contributed by atoms with van der Waals surface area (Å²) in [5.74, 6) is 1.22. The molecule has 0 aliphatic rings. The lowest BCUT2D eigenvalue weighted by Gasteiger charge is -2.12. The highest BCUT2D eigenvalue weighted by atomic mass is 31.0. The van der Waals surface area contributed by atoms with Gasteiger partial charge in [0, 0.05) is 10.9 Å². The van der Waals surface area contributed by atoms with Gasteiger partial charge in [-0.3, -0.25) is 0 Å². The van der Waals surface area contributed by atoms with Gasteiger partial charge in [-0.2, -0.15) is 4.57 Å². The molecule has 4 rings (SSSR count). The van der Waals surface area contributed by atoms with E-state index in [0.717, 1.165) is 12.8 Å². The number of para-hydroxylation sites is 3. The molecular weight excluding hydrogens is 347 g/mol. The minimum absolute atomic E-state index is 1.07. The Morgan fingerprint density at radius 2 is 1.67 bits per heavy atom. The maximum Gasteiger partial charge on any atom is 0.295 e. The van der Waals surface area contributed by atoms with Crippen molar-refractivity contribution < 1.29 is 4.57 Å². The van der Waals surface area contributed by atoms with Crippen LogP contribution in [0.5, 0.6) is 0 Å². The third-order valence-electron chi connectivity index (χ3n) is 5.29. The fraction of sp³-hybridized carbons (Fsp3) is 0.208. The summed E-state index contributed by atoms with van der Waals surface area (Å²) in [7, 11) is 5.12. The summed E-state index contributed by atoms with van der Waals surface area (Å²) in [5, 5.41) is 1.23. The molecule has 1 aromatic heterocycles. The number of aryl methyl sites for hydroxylation is 3. The first-order chi connectivity index (χ1) is 13.1. The lowest BCUT2D eigenvalue weighted by Crippen LogP contribution is -2.30. The Hall–Kier alpha value is -2.44. The minimum atomic E-state index is 1.07. The molecule has 0 radical (unpaired) electrons. The van der Waals surface area contributed by atoms with Gasteiger partial charge in [0.2, 0.25) is 0 Å². The van der Waals surface area contributed by atoms with Gasteiger partial charge in [-0.05, 0) is 37.1 Å². The zero-order chi connectivity index (χ0) is 19.0. The molecule has 0 aliphatic carbocycles. The van der Waals surface area contributed by atoms with Crippen LogP contribution in [0.3, 0.4) is 0 Å². The first-order valence-corrected chi connectivity index (χ1v) is 10.1. The van der Waals surface area contributed by atoms with Crippen molar-refractivity contribution in [2.24, 2.45) is 7.05 Å². The highest BCUT2D eigenvalue weighted by Crippen LogP contribution is 2.30. The number of aromatic nitrogens is 2. The zero-order valence-electron chi connectivity index (χ0n) is 16.2. The minimum Gasteiger partial charge on any atom is -0.225 e. The Morgan fingerprint density at radius 1 is 0.926 bits per heavy atom. The maximum absolute atomic E-state index is 2.95. The van der Waals surface area contributed by atoms with E-state index in [1.165, 1.54) is 44.5 Å². The summed E-state index contributed by atoms with van der Waals surface area (Å²) in [5.41, 5.74) is 7.72.